The van der Waals surface area contributed by atoms with E-state index in [2.05, 4.69) is 9.97 Å². The molecule has 0 unspecified atom stereocenters. The minimum atomic E-state index is -3.44. The van der Waals surface area contributed by atoms with Gasteiger partial charge in [0.25, 0.3) is 0 Å². The molecule has 1 saturated carbocycles. The predicted octanol–water partition coefficient (Wildman–Crippen LogP) is 3.20. The van der Waals surface area contributed by atoms with Gasteiger partial charge in [-0.2, -0.15) is 4.31 Å². The number of rotatable bonds is 3. The SMILES string of the molecule is O=S(=O)(c1ccc(C2CCCCC2)cc1)N1CCc2nc[nH]c2C1. The summed E-state index contributed by atoms with van der Waals surface area (Å²) in [4.78, 5) is 7.67. The molecule has 0 atom stereocenters. The maximum absolute atomic E-state index is 12.9. The molecule has 0 radical (unpaired) electrons. The van der Waals surface area contributed by atoms with Gasteiger partial charge in [0.05, 0.1) is 29.2 Å². The lowest BCUT2D eigenvalue weighted by Crippen LogP contribution is -2.36. The van der Waals surface area contributed by atoms with Crippen LogP contribution in [-0.2, 0) is 23.0 Å². The number of aromatic nitrogens is 2. The molecule has 1 aliphatic heterocycles. The normalized spacial score (nSPS) is 20.0. The van der Waals surface area contributed by atoms with Crippen molar-refractivity contribution in [3.8, 4) is 0 Å². The molecule has 0 bridgehead atoms. The van der Waals surface area contributed by atoms with Crippen LogP contribution in [0.1, 0.15) is 55.0 Å². The number of H-pyrrole nitrogens is 1. The van der Waals surface area contributed by atoms with Crippen LogP contribution in [0.2, 0.25) is 0 Å². The van der Waals surface area contributed by atoms with Gasteiger partial charge in [-0.3, -0.25) is 0 Å². The van der Waals surface area contributed by atoms with Crippen LogP contribution in [-0.4, -0.2) is 29.2 Å². The van der Waals surface area contributed by atoms with Crippen molar-refractivity contribution >= 4 is 10.0 Å². The molecule has 1 aromatic heterocycles. The van der Waals surface area contributed by atoms with Gasteiger partial charge in [-0.1, -0.05) is 31.4 Å². The lowest BCUT2D eigenvalue weighted by atomic mass is 9.84. The van der Waals surface area contributed by atoms with Gasteiger partial charge in [0.15, 0.2) is 0 Å². The Balaban J connectivity index is 1.54. The molecule has 1 N–H and O–H groups in total. The van der Waals surface area contributed by atoms with E-state index in [1.807, 2.05) is 12.1 Å². The van der Waals surface area contributed by atoms with E-state index in [0.717, 1.165) is 11.4 Å². The Morgan fingerprint density at radius 2 is 1.83 bits per heavy atom. The monoisotopic (exact) mass is 345 g/mol. The minimum absolute atomic E-state index is 0.377. The number of fused-ring (bicyclic) bond motifs is 1. The van der Waals surface area contributed by atoms with Gasteiger partial charge >= 0.3 is 0 Å². The predicted molar refractivity (Wildman–Crippen MR) is 92.2 cm³/mol. The molecule has 128 valence electrons. The summed E-state index contributed by atoms with van der Waals surface area (Å²) in [6.45, 7) is 0.868. The summed E-state index contributed by atoms with van der Waals surface area (Å²) in [6.07, 6.45) is 8.64. The number of sulfonamides is 1. The van der Waals surface area contributed by atoms with Crippen molar-refractivity contribution in [2.75, 3.05) is 6.54 Å². The van der Waals surface area contributed by atoms with E-state index >= 15 is 0 Å². The summed E-state index contributed by atoms with van der Waals surface area (Å²) < 4.78 is 27.3. The molecule has 2 aromatic rings. The molecule has 5 nitrogen and oxygen atoms in total. The molecular weight excluding hydrogens is 322 g/mol. The highest BCUT2D eigenvalue weighted by Gasteiger charge is 2.29. The molecule has 1 aliphatic carbocycles. The first-order valence-electron chi connectivity index (χ1n) is 8.76. The largest absolute Gasteiger partial charge is 0.347 e. The van der Waals surface area contributed by atoms with E-state index in [-0.39, 0.29) is 0 Å². The standard InChI is InChI=1S/C18H23N3O2S/c22-24(23,21-11-10-17-18(12-21)20-13-19-17)16-8-6-15(7-9-16)14-4-2-1-3-5-14/h6-9,13-14H,1-5,10-12H2,(H,19,20). The fourth-order valence-corrected chi connectivity index (χ4v) is 5.30. The quantitative estimate of drug-likeness (QED) is 0.929. The lowest BCUT2D eigenvalue weighted by molar-refractivity contribution is 0.385. The highest BCUT2D eigenvalue weighted by Crippen LogP contribution is 2.33. The summed E-state index contributed by atoms with van der Waals surface area (Å²) in [6, 6.07) is 7.58. The third-order valence-corrected chi connectivity index (χ3v) is 7.19. The summed E-state index contributed by atoms with van der Waals surface area (Å²) in [7, 11) is -3.44. The Morgan fingerprint density at radius 1 is 1.08 bits per heavy atom. The van der Waals surface area contributed by atoms with Crippen LogP contribution in [0.5, 0.6) is 0 Å². The minimum Gasteiger partial charge on any atom is -0.347 e. The first kappa shape index (κ1) is 15.8. The van der Waals surface area contributed by atoms with E-state index in [4.69, 9.17) is 0 Å². The summed E-state index contributed by atoms with van der Waals surface area (Å²) in [5.74, 6) is 0.595. The van der Waals surface area contributed by atoms with Crippen LogP contribution in [0, 0.1) is 0 Å². The Hall–Kier alpha value is -1.66. The van der Waals surface area contributed by atoms with Crippen molar-refractivity contribution in [3.05, 3.63) is 47.5 Å². The van der Waals surface area contributed by atoms with Gasteiger partial charge in [-0.15, -0.1) is 0 Å². The first-order chi connectivity index (χ1) is 11.6. The second kappa shape index (κ2) is 6.33. The highest BCUT2D eigenvalue weighted by molar-refractivity contribution is 7.89. The van der Waals surface area contributed by atoms with Crippen molar-refractivity contribution in [1.29, 1.82) is 0 Å². The zero-order valence-electron chi connectivity index (χ0n) is 13.7. The average Bonchev–Trinajstić information content (AvgIpc) is 3.10. The fraction of sp³-hybridized carbons (Fsp3) is 0.500. The van der Waals surface area contributed by atoms with Gasteiger partial charge in [0, 0.05) is 13.0 Å². The average molecular weight is 345 g/mol. The maximum Gasteiger partial charge on any atom is 0.243 e. The molecule has 2 heterocycles. The lowest BCUT2D eigenvalue weighted by Gasteiger charge is -2.26. The number of benzene rings is 1. The molecule has 1 aromatic carbocycles. The smallest absolute Gasteiger partial charge is 0.243 e. The van der Waals surface area contributed by atoms with Gasteiger partial charge in [-0.25, -0.2) is 13.4 Å². The van der Waals surface area contributed by atoms with Gasteiger partial charge in [0.1, 0.15) is 0 Å². The van der Waals surface area contributed by atoms with Crippen molar-refractivity contribution in [2.45, 2.75) is 55.9 Å². The Labute approximate surface area is 143 Å². The topological polar surface area (TPSA) is 66.1 Å². The van der Waals surface area contributed by atoms with Crippen molar-refractivity contribution in [1.82, 2.24) is 14.3 Å². The van der Waals surface area contributed by atoms with E-state index in [9.17, 15) is 8.42 Å². The van der Waals surface area contributed by atoms with E-state index in [1.54, 1.807) is 22.8 Å². The van der Waals surface area contributed by atoms with E-state index in [1.165, 1.54) is 37.7 Å². The van der Waals surface area contributed by atoms with Crippen LogP contribution in [0.15, 0.2) is 35.5 Å². The molecule has 6 heteroatoms. The first-order valence-corrected chi connectivity index (χ1v) is 10.2. The van der Waals surface area contributed by atoms with Crippen LogP contribution in [0.25, 0.3) is 0 Å². The molecular formula is C18H23N3O2S. The van der Waals surface area contributed by atoms with Gasteiger partial charge < -0.3 is 4.98 Å². The molecule has 24 heavy (non-hydrogen) atoms. The van der Waals surface area contributed by atoms with Crippen LogP contribution < -0.4 is 0 Å². The number of hydrogen-bond donors (Lipinski definition) is 1. The summed E-state index contributed by atoms with van der Waals surface area (Å²) >= 11 is 0. The second-order valence-corrected chi connectivity index (χ2v) is 8.76. The molecule has 2 aliphatic rings. The number of nitrogens with one attached hydrogen (secondary N) is 1. The molecule has 4 rings (SSSR count). The summed E-state index contributed by atoms with van der Waals surface area (Å²) in [5.41, 5.74) is 3.17. The van der Waals surface area contributed by atoms with Crippen molar-refractivity contribution in [2.24, 2.45) is 0 Å². The third-order valence-electron chi connectivity index (χ3n) is 5.33. The van der Waals surface area contributed by atoms with Crippen molar-refractivity contribution in [3.63, 3.8) is 0 Å². The number of imidazole rings is 1. The molecule has 1 fully saturated rings. The third kappa shape index (κ3) is 2.89. The zero-order chi connectivity index (χ0) is 16.6. The van der Waals surface area contributed by atoms with Gasteiger partial charge in [-0.05, 0) is 36.5 Å². The Morgan fingerprint density at radius 3 is 2.58 bits per heavy atom. The second-order valence-electron chi connectivity index (χ2n) is 6.82. The molecule has 0 saturated heterocycles. The number of aromatic amines is 1. The molecule has 0 spiro atoms. The Kier molecular flexibility index (Phi) is 4.18. The summed E-state index contributed by atoms with van der Waals surface area (Å²) in [5, 5.41) is 0. The van der Waals surface area contributed by atoms with Crippen molar-refractivity contribution < 1.29 is 8.42 Å². The van der Waals surface area contributed by atoms with E-state index in [0.29, 0.717) is 30.3 Å². The van der Waals surface area contributed by atoms with Gasteiger partial charge in [0.2, 0.25) is 10.0 Å². The van der Waals surface area contributed by atoms with Crippen LogP contribution in [0.4, 0.5) is 0 Å². The fourth-order valence-electron chi connectivity index (χ4n) is 3.89. The van der Waals surface area contributed by atoms with Crippen LogP contribution >= 0.6 is 0 Å². The maximum atomic E-state index is 12.9. The van der Waals surface area contributed by atoms with E-state index < -0.39 is 10.0 Å². The number of hydrogen-bond acceptors (Lipinski definition) is 3. The molecule has 0 amide bonds. The highest BCUT2D eigenvalue weighted by atomic mass is 32.2. The number of nitrogens with zero attached hydrogens (tertiary/aromatic N) is 2. The Bertz CT molecular complexity index is 805. The zero-order valence-corrected chi connectivity index (χ0v) is 14.6. The van der Waals surface area contributed by atoms with Crippen LogP contribution in [0.3, 0.4) is 0 Å².